The molecule has 0 spiro atoms. The van der Waals surface area contributed by atoms with E-state index in [9.17, 15) is 4.39 Å². The molecule has 82 valence electrons. The van der Waals surface area contributed by atoms with Gasteiger partial charge in [-0.05, 0) is 34.2 Å². The first kappa shape index (κ1) is 12.2. The standard InChI is InChI=1S/C9H10BrFN2OS/c1-12-9(15)13-7-4-8(14-2)5(10)3-6(7)11/h3-4H,1-2H3,(H2,12,13,15). The van der Waals surface area contributed by atoms with Crippen molar-refractivity contribution in [3.8, 4) is 5.75 Å². The Hall–Kier alpha value is -0.880. The second-order valence-electron chi connectivity index (χ2n) is 2.67. The molecule has 0 aromatic heterocycles. The summed E-state index contributed by atoms with van der Waals surface area (Å²) in [7, 11) is 3.17. The number of methoxy groups -OCH3 is 1. The van der Waals surface area contributed by atoms with Gasteiger partial charge in [-0.2, -0.15) is 0 Å². The van der Waals surface area contributed by atoms with Crippen molar-refractivity contribution in [2.24, 2.45) is 0 Å². The van der Waals surface area contributed by atoms with Crippen LogP contribution in [0.25, 0.3) is 0 Å². The summed E-state index contributed by atoms with van der Waals surface area (Å²) in [4.78, 5) is 0. The first-order chi connectivity index (χ1) is 7.08. The molecule has 0 amide bonds. The number of benzene rings is 1. The van der Waals surface area contributed by atoms with Crippen molar-refractivity contribution in [1.82, 2.24) is 5.32 Å². The van der Waals surface area contributed by atoms with E-state index in [1.807, 2.05) is 0 Å². The van der Waals surface area contributed by atoms with E-state index in [1.54, 1.807) is 7.05 Å². The Kier molecular flexibility index (Phi) is 4.28. The zero-order chi connectivity index (χ0) is 11.4. The van der Waals surface area contributed by atoms with Gasteiger partial charge in [0, 0.05) is 13.1 Å². The maximum absolute atomic E-state index is 13.4. The summed E-state index contributed by atoms with van der Waals surface area (Å²) < 4.78 is 19.0. The van der Waals surface area contributed by atoms with E-state index in [0.717, 1.165) is 0 Å². The molecule has 1 aromatic carbocycles. The van der Waals surface area contributed by atoms with Crippen molar-refractivity contribution in [2.45, 2.75) is 0 Å². The van der Waals surface area contributed by atoms with Crippen molar-refractivity contribution in [3.63, 3.8) is 0 Å². The predicted molar refractivity (Wildman–Crippen MR) is 65.9 cm³/mol. The van der Waals surface area contributed by atoms with Gasteiger partial charge in [0.15, 0.2) is 5.11 Å². The van der Waals surface area contributed by atoms with E-state index in [1.165, 1.54) is 19.2 Å². The Morgan fingerprint density at radius 2 is 2.20 bits per heavy atom. The Morgan fingerprint density at radius 1 is 1.53 bits per heavy atom. The lowest BCUT2D eigenvalue weighted by Gasteiger charge is -2.10. The van der Waals surface area contributed by atoms with Gasteiger partial charge in [-0.15, -0.1) is 0 Å². The maximum Gasteiger partial charge on any atom is 0.170 e. The topological polar surface area (TPSA) is 33.3 Å². The van der Waals surface area contributed by atoms with Gasteiger partial charge in [0.2, 0.25) is 0 Å². The first-order valence-electron chi connectivity index (χ1n) is 4.10. The van der Waals surface area contributed by atoms with Crippen LogP contribution in [0.5, 0.6) is 5.75 Å². The highest BCUT2D eigenvalue weighted by Gasteiger charge is 2.09. The summed E-state index contributed by atoms with van der Waals surface area (Å²) in [5, 5.41) is 5.75. The lowest BCUT2D eigenvalue weighted by atomic mass is 10.3. The fraction of sp³-hybridized carbons (Fsp3) is 0.222. The highest BCUT2D eigenvalue weighted by Crippen LogP contribution is 2.30. The van der Waals surface area contributed by atoms with E-state index < -0.39 is 5.82 Å². The average Bonchev–Trinajstić information content (AvgIpc) is 2.21. The Balaban J connectivity index is 3.02. The molecule has 15 heavy (non-hydrogen) atoms. The van der Waals surface area contributed by atoms with Crippen molar-refractivity contribution >= 4 is 38.9 Å². The van der Waals surface area contributed by atoms with Crippen LogP contribution < -0.4 is 15.4 Å². The minimum Gasteiger partial charge on any atom is -0.495 e. The molecule has 6 heteroatoms. The second-order valence-corrected chi connectivity index (χ2v) is 3.93. The number of hydrogen-bond acceptors (Lipinski definition) is 2. The van der Waals surface area contributed by atoms with Gasteiger partial charge in [0.05, 0.1) is 17.3 Å². The van der Waals surface area contributed by atoms with Gasteiger partial charge < -0.3 is 15.4 Å². The van der Waals surface area contributed by atoms with Crippen LogP contribution in [0.15, 0.2) is 16.6 Å². The molecule has 0 unspecified atom stereocenters. The quantitative estimate of drug-likeness (QED) is 0.821. The van der Waals surface area contributed by atoms with Crippen LogP contribution in [0, 0.1) is 5.82 Å². The number of rotatable bonds is 2. The van der Waals surface area contributed by atoms with Crippen LogP contribution in [-0.2, 0) is 0 Å². The van der Waals surface area contributed by atoms with E-state index in [0.29, 0.717) is 15.3 Å². The summed E-state index contributed by atoms with van der Waals surface area (Å²) in [6.07, 6.45) is 0. The van der Waals surface area contributed by atoms with Crippen LogP contribution in [0.4, 0.5) is 10.1 Å². The molecule has 0 fully saturated rings. The number of nitrogens with one attached hydrogen (secondary N) is 2. The van der Waals surface area contributed by atoms with Gasteiger partial charge in [0.25, 0.3) is 0 Å². The molecule has 1 rings (SSSR count). The third kappa shape index (κ3) is 3.04. The molecule has 0 heterocycles. The van der Waals surface area contributed by atoms with Crippen molar-refractivity contribution in [3.05, 3.63) is 22.4 Å². The molecule has 1 aromatic rings. The zero-order valence-corrected chi connectivity index (χ0v) is 10.6. The van der Waals surface area contributed by atoms with Crippen LogP contribution in [0.3, 0.4) is 0 Å². The summed E-state index contributed by atoms with van der Waals surface area (Å²) in [5.74, 6) is 0.137. The number of ether oxygens (including phenoxy) is 1. The lowest BCUT2D eigenvalue weighted by molar-refractivity contribution is 0.411. The van der Waals surface area contributed by atoms with E-state index in [4.69, 9.17) is 17.0 Å². The molecular formula is C9H10BrFN2OS. The van der Waals surface area contributed by atoms with Gasteiger partial charge in [-0.3, -0.25) is 0 Å². The molecule has 0 aliphatic carbocycles. The van der Waals surface area contributed by atoms with Gasteiger partial charge >= 0.3 is 0 Å². The summed E-state index contributed by atoms with van der Waals surface area (Å²) in [5.41, 5.74) is 0.273. The number of thiocarbonyl (C=S) groups is 1. The SMILES string of the molecule is CNC(=S)Nc1cc(OC)c(Br)cc1F. The molecule has 0 bridgehead atoms. The largest absolute Gasteiger partial charge is 0.495 e. The molecule has 2 N–H and O–H groups in total. The minimum atomic E-state index is -0.403. The van der Waals surface area contributed by atoms with Gasteiger partial charge in [0.1, 0.15) is 11.6 Å². The molecule has 0 aliphatic rings. The third-order valence-electron chi connectivity index (χ3n) is 1.72. The minimum absolute atomic E-state index is 0.273. The Morgan fingerprint density at radius 3 is 2.73 bits per heavy atom. The third-order valence-corrected chi connectivity index (χ3v) is 2.64. The summed E-state index contributed by atoms with van der Waals surface area (Å²) in [6.45, 7) is 0. The Labute approximate surface area is 101 Å². The molecule has 3 nitrogen and oxygen atoms in total. The zero-order valence-electron chi connectivity index (χ0n) is 8.23. The molecule has 0 radical (unpaired) electrons. The lowest BCUT2D eigenvalue weighted by Crippen LogP contribution is -2.24. The molecule has 0 aliphatic heterocycles. The summed E-state index contributed by atoms with van der Waals surface area (Å²) in [6, 6.07) is 2.85. The van der Waals surface area contributed by atoms with Crippen molar-refractivity contribution in [2.75, 3.05) is 19.5 Å². The van der Waals surface area contributed by atoms with Crippen molar-refractivity contribution in [1.29, 1.82) is 0 Å². The average molecular weight is 293 g/mol. The van der Waals surface area contributed by atoms with Gasteiger partial charge in [-0.25, -0.2) is 4.39 Å². The summed E-state index contributed by atoms with van der Waals surface area (Å²) >= 11 is 8.05. The van der Waals surface area contributed by atoms with Crippen LogP contribution in [0.2, 0.25) is 0 Å². The number of hydrogen-bond donors (Lipinski definition) is 2. The van der Waals surface area contributed by atoms with Crippen LogP contribution >= 0.6 is 28.1 Å². The maximum atomic E-state index is 13.4. The monoisotopic (exact) mass is 292 g/mol. The number of halogens is 2. The molecular weight excluding hydrogens is 283 g/mol. The molecule has 0 atom stereocenters. The van der Waals surface area contributed by atoms with E-state index >= 15 is 0 Å². The highest BCUT2D eigenvalue weighted by atomic mass is 79.9. The van der Waals surface area contributed by atoms with Crippen LogP contribution in [0.1, 0.15) is 0 Å². The van der Waals surface area contributed by atoms with Crippen LogP contribution in [-0.4, -0.2) is 19.3 Å². The molecule has 0 saturated heterocycles. The molecule has 0 saturated carbocycles. The van der Waals surface area contributed by atoms with E-state index in [-0.39, 0.29) is 5.69 Å². The Bertz CT molecular complexity index is 387. The van der Waals surface area contributed by atoms with Crippen molar-refractivity contribution < 1.29 is 9.13 Å². The number of anilines is 1. The van der Waals surface area contributed by atoms with E-state index in [2.05, 4.69) is 26.6 Å². The fourth-order valence-electron chi connectivity index (χ4n) is 0.966. The van der Waals surface area contributed by atoms with Gasteiger partial charge in [-0.1, -0.05) is 0 Å². The normalized spacial score (nSPS) is 9.60. The smallest absolute Gasteiger partial charge is 0.170 e. The highest BCUT2D eigenvalue weighted by molar-refractivity contribution is 9.10. The predicted octanol–water partition coefficient (Wildman–Crippen LogP) is 2.51. The fourth-order valence-corrected chi connectivity index (χ4v) is 1.55. The second kappa shape index (κ2) is 5.27. The first-order valence-corrected chi connectivity index (χ1v) is 5.30.